The standard InChI is InChI=1S/C26H32N4O3S/c1-3-29(4-2)15-9-16-30-25(32)20-11-5-7-12-21(20)28-26(30)34-18-24(31)27-22-14-17-33-23-13-8-6-10-19(22)23/h5-8,10-13,22H,3-4,9,14-18H2,1-2H3,(H,27,31)/t22-/m1/s1. The molecule has 0 aliphatic carbocycles. The van der Waals surface area contributed by atoms with Gasteiger partial charge in [-0.05, 0) is 44.3 Å². The van der Waals surface area contributed by atoms with Gasteiger partial charge >= 0.3 is 0 Å². The summed E-state index contributed by atoms with van der Waals surface area (Å²) in [6, 6.07) is 15.1. The van der Waals surface area contributed by atoms with Crippen molar-refractivity contribution in [3.05, 3.63) is 64.4 Å². The number of para-hydroxylation sites is 2. The Balaban J connectivity index is 1.48. The molecule has 180 valence electrons. The highest BCUT2D eigenvalue weighted by Gasteiger charge is 2.23. The normalized spacial score (nSPS) is 15.2. The van der Waals surface area contributed by atoms with Gasteiger partial charge in [-0.2, -0.15) is 0 Å². The summed E-state index contributed by atoms with van der Waals surface area (Å²) in [5.74, 6) is 0.939. The lowest BCUT2D eigenvalue weighted by molar-refractivity contribution is -0.119. The monoisotopic (exact) mass is 480 g/mol. The molecule has 0 radical (unpaired) electrons. The Labute approximate surface area is 204 Å². The van der Waals surface area contributed by atoms with Gasteiger partial charge in [0, 0.05) is 18.5 Å². The first-order valence-corrected chi connectivity index (χ1v) is 12.9. The third kappa shape index (κ3) is 5.62. The van der Waals surface area contributed by atoms with E-state index >= 15 is 0 Å². The van der Waals surface area contributed by atoms with E-state index in [0.717, 1.165) is 43.8 Å². The molecule has 0 spiro atoms. The van der Waals surface area contributed by atoms with Crippen LogP contribution in [0.5, 0.6) is 5.75 Å². The molecular formula is C26H32N4O3S. The number of hydrogen-bond donors (Lipinski definition) is 1. The van der Waals surface area contributed by atoms with Gasteiger partial charge in [-0.25, -0.2) is 4.98 Å². The van der Waals surface area contributed by atoms with Crippen molar-refractivity contribution in [1.29, 1.82) is 0 Å². The lowest BCUT2D eigenvalue weighted by Gasteiger charge is -2.26. The molecule has 0 saturated carbocycles. The van der Waals surface area contributed by atoms with Crippen molar-refractivity contribution in [2.24, 2.45) is 0 Å². The number of ether oxygens (including phenoxy) is 1. The second kappa shape index (κ2) is 11.5. The van der Waals surface area contributed by atoms with E-state index in [4.69, 9.17) is 9.72 Å². The first-order chi connectivity index (χ1) is 16.6. The summed E-state index contributed by atoms with van der Waals surface area (Å²) in [5, 5.41) is 4.33. The fraction of sp³-hybridized carbons (Fsp3) is 0.423. The predicted molar refractivity (Wildman–Crippen MR) is 137 cm³/mol. The third-order valence-electron chi connectivity index (χ3n) is 6.20. The van der Waals surface area contributed by atoms with Crippen LogP contribution < -0.4 is 15.6 Å². The number of nitrogens with one attached hydrogen (secondary N) is 1. The number of nitrogens with zero attached hydrogens (tertiary/aromatic N) is 3. The molecule has 1 N–H and O–H groups in total. The average Bonchev–Trinajstić information content (AvgIpc) is 2.87. The van der Waals surface area contributed by atoms with Crippen molar-refractivity contribution >= 4 is 28.6 Å². The Bertz CT molecular complexity index is 1190. The van der Waals surface area contributed by atoms with Crippen molar-refractivity contribution in [2.75, 3.05) is 32.0 Å². The van der Waals surface area contributed by atoms with Crippen molar-refractivity contribution in [1.82, 2.24) is 19.8 Å². The van der Waals surface area contributed by atoms with Crippen molar-refractivity contribution in [2.45, 2.75) is 44.4 Å². The van der Waals surface area contributed by atoms with Gasteiger partial charge in [-0.3, -0.25) is 14.2 Å². The quantitative estimate of drug-likeness (QED) is 0.351. The lowest BCUT2D eigenvalue weighted by Crippen LogP contribution is -2.33. The summed E-state index contributed by atoms with van der Waals surface area (Å²) in [4.78, 5) is 33.2. The van der Waals surface area contributed by atoms with E-state index in [1.807, 2.05) is 48.5 Å². The second-order valence-electron chi connectivity index (χ2n) is 8.33. The van der Waals surface area contributed by atoms with Gasteiger partial charge < -0.3 is 15.0 Å². The molecule has 34 heavy (non-hydrogen) atoms. The Kier molecular flexibility index (Phi) is 8.24. The zero-order valence-corrected chi connectivity index (χ0v) is 20.6. The van der Waals surface area contributed by atoms with Crippen LogP contribution in [-0.4, -0.2) is 52.4 Å². The molecule has 8 heteroatoms. The second-order valence-corrected chi connectivity index (χ2v) is 9.27. The minimum atomic E-state index is -0.0798. The molecule has 0 saturated heterocycles. The number of carbonyl (C=O) groups excluding carboxylic acids is 1. The van der Waals surface area contributed by atoms with Crippen LogP contribution in [0.2, 0.25) is 0 Å². The van der Waals surface area contributed by atoms with Gasteiger partial charge in [-0.15, -0.1) is 0 Å². The van der Waals surface area contributed by atoms with Gasteiger partial charge in [0.15, 0.2) is 5.16 Å². The number of carbonyl (C=O) groups is 1. The number of benzene rings is 2. The molecule has 3 aromatic rings. The maximum atomic E-state index is 13.2. The van der Waals surface area contributed by atoms with E-state index in [9.17, 15) is 9.59 Å². The van der Waals surface area contributed by atoms with Crippen LogP contribution in [-0.2, 0) is 11.3 Å². The summed E-state index contributed by atoms with van der Waals surface area (Å²) >= 11 is 1.32. The number of amides is 1. The Morgan fingerprint density at radius 2 is 1.94 bits per heavy atom. The number of aromatic nitrogens is 2. The fourth-order valence-electron chi connectivity index (χ4n) is 4.31. The van der Waals surface area contributed by atoms with Crippen molar-refractivity contribution in [3.8, 4) is 5.75 Å². The Hall–Kier alpha value is -2.84. The maximum absolute atomic E-state index is 13.2. The van der Waals surface area contributed by atoms with Gasteiger partial charge in [-0.1, -0.05) is 55.9 Å². The molecule has 1 atom stereocenters. The third-order valence-corrected chi connectivity index (χ3v) is 7.18. The highest BCUT2D eigenvalue weighted by atomic mass is 32.2. The highest BCUT2D eigenvalue weighted by molar-refractivity contribution is 7.99. The van der Waals surface area contributed by atoms with Gasteiger partial charge in [0.2, 0.25) is 5.91 Å². The largest absolute Gasteiger partial charge is 0.493 e. The highest BCUT2D eigenvalue weighted by Crippen LogP contribution is 2.31. The first-order valence-electron chi connectivity index (χ1n) is 12.0. The molecule has 1 aromatic heterocycles. The van der Waals surface area contributed by atoms with E-state index < -0.39 is 0 Å². The van der Waals surface area contributed by atoms with Crippen molar-refractivity contribution in [3.63, 3.8) is 0 Å². The number of fused-ring (bicyclic) bond motifs is 2. The molecular weight excluding hydrogens is 448 g/mol. The summed E-state index contributed by atoms with van der Waals surface area (Å²) in [6.45, 7) is 8.32. The molecule has 2 heterocycles. The molecule has 0 bridgehead atoms. The molecule has 0 fully saturated rings. The van der Waals surface area contributed by atoms with Gasteiger partial charge in [0.05, 0.1) is 29.3 Å². The van der Waals surface area contributed by atoms with Gasteiger partial charge in [0.25, 0.3) is 5.56 Å². The Morgan fingerprint density at radius 1 is 1.18 bits per heavy atom. The summed E-state index contributed by atoms with van der Waals surface area (Å²) in [6.07, 6.45) is 1.58. The van der Waals surface area contributed by atoms with Crippen LogP contribution in [0.3, 0.4) is 0 Å². The number of hydrogen-bond acceptors (Lipinski definition) is 6. The Morgan fingerprint density at radius 3 is 2.76 bits per heavy atom. The van der Waals surface area contributed by atoms with Crippen LogP contribution in [0, 0.1) is 0 Å². The van der Waals surface area contributed by atoms with Gasteiger partial charge in [0.1, 0.15) is 5.75 Å². The van der Waals surface area contributed by atoms with E-state index in [0.29, 0.717) is 29.2 Å². The zero-order valence-electron chi connectivity index (χ0n) is 19.8. The smallest absolute Gasteiger partial charge is 0.262 e. The molecule has 1 aliphatic heterocycles. The fourth-order valence-corrected chi connectivity index (χ4v) is 5.14. The SMILES string of the molecule is CCN(CC)CCCn1c(SCC(=O)N[C@@H]2CCOc3ccccc32)nc2ccccc2c1=O. The molecule has 0 unspecified atom stereocenters. The summed E-state index contributed by atoms with van der Waals surface area (Å²) in [5.41, 5.74) is 1.62. The van der Waals surface area contributed by atoms with E-state index in [-0.39, 0.29) is 23.3 Å². The van der Waals surface area contributed by atoms with Crippen LogP contribution in [0.4, 0.5) is 0 Å². The minimum Gasteiger partial charge on any atom is -0.493 e. The van der Waals surface area contributed by atoms with Crippen molar-refractivity contribution < 1.29 is 9.53 Å². The van der Waals surface area contributed by atoms with E-state index in [2.05, 4.69) is 24.1 Å². The predicted octanol–water partition coefficient (Wildman–Crippen LogP) is 3.86. The molecule has 2 aromatic carbocycles. The minimum absolute atomic E-state index is 0.0496. The molecule has 4 rings (SSSR count). The topological polar surface area (TPSA) is 76.5 Å². The maximum Gasteiger partial charge on any atom is 0.262 e. The van der Waals surface area contributed by atoms with Crippen LogP contribution in [0.15, 0.2) is 58.5 Å². The average molecular weight is 481 g/mol. The number of thioether (sulfide) groups is 1. The number of rotatable bonds is 10. The lowest BCUT2D eigenvalue weighted by atomic mass is 10.0. The summed E-state index contributed by atoms with van der Waals surface area (Å²) < 4.78 is 7.43. The molecule has 7 nitrogen and oxygen atoms in total. The zero-order chi connectivity index (χ0) is 23.9. The first kappa shape index (κ1) is 24.3. The molecule has 1 amide bonds. The van der Waals surface area contributed by atoms with E-state index in [1.165, 1.54) is 11.8 Å². The van der Waals surface area contributed by atoms with E-state index in [1.54, 1.807) is 4.57 Å². The summed E-state index contributed by atoms with van der Waals surface area (Å²) in [7, 11) is 0. The van der Waals surface area contributed by atoms with Crippen LogP contribution >= 0.6 is 11.8 Å². The molecule has 1 aliphatic rings. The van der Waals surface area contributed by atoms with Crippen LogP contribution in [0.1, 0.15) is 38.3 Å². The van der Waals surface area contributed by atoms with Crippen LogP contribution in [0.25, 0.3) is 10.9 Å².